The van der Waals surface area contributed by atoms with Crippen LogP contribution in [0.5, 0.6) is 0 Å². The molecule has 0 radical (unpaired) electrons. The Morgan fingerprint density at radius 3 is 2.30 bits per heavy atom. The summed E-state index contributed by atoms with van der Waals surface area (Å²) in [7, 11) is -5.61. The van der Waals surface area contributed by atoms with Crippen LogP contribution in [-0.2, 0) is 19.9 Å². The van der Waals surface area contributed by atoms with Crippen molar-refractivity contribution in [3.8, 4) is 0 Å². The average molecular weight is 320 g/mol. The highest BCUT2D eigenvalue weighted by Crippen LogP contribution is 2.24. The molecule has 0 saturated carbocycles. The summed E-state index contributed by atoms with van der Waals surface area (Å²) in [5.41, 5.74) is 0.362. The van der Waals surface area contributed by atoms with Crippen molar-refractivity contribution in [1.29, 1.82) is 0 Å². The molecule has 8 heteroatoms. The number of unbranched alkanes of at least 4 members (excludes halogenated alkanes) is 1. The lowest BCUT2D eigenvalue weighted by Crippen LogP contribution is -2.25. The summed E-state index contributed by atoms with van der Waals surface area (Å²) in [5, 5.41) is 2.76. The highest BCUT2D eigenvalue weighted by atomic mass is 32.2. The average Bonchev–Trinajstić information content (AvgIpc) is 2.37. The molecule has 0 fully saturated rings. The minimum atomic E-state index is -3.73. The number of sulfonamides is 1. The summed E-state index contributed by atoms with van der Waals surface area (Å²) in [6.07, 6.45) is 2.63. The lowest BCUT2D eigenvalue weighted by atomic mass is 10.3. The van der Waals surface area contributed by atoms with Gasteiger partial charge in [0.15, 0.2) is 9.84 Å². The second-order valence-corrected chi connectivity index (χ2v) is 8.18. The minimum absolute atomic E-state index is 0.0210. The maximum absolute atomic E-state index is 12.2. The van der Waals surface area contributed by atoms with Gasteiger partial charge in [-0.25, -0.2) is 21.6 Å². The van der Waals surface area contributed by atoms with Crippen molar-refractivity contribution >= 4 is 25.5 Å². The van der Waals surface area contributed by atoms with Gasteiger partial charge in [0.1, 0.15) is 4.90 Å². The topological polar surface area (TPSA) is 92.3 Å². The van der Waals surface area contributed by atoms with Crippen LogP contribution in [0.2, 0.25) is 0 Å². The molecule has 0 bridgehead atoms. The van der Waals surface area contributed by atoms with Crippen molar-refractivity contribution in [2.24, 2.45) is 0 Å². The number of sulfone groups is 1. The van der Waals surface area contributed by atoms with Crippen LogP contribution < -0.4 is 10.0 Å². The van der Waals surface area contributed by atoms with Crippen LogP contribution in [-0.4, -0.2) is 36.7 Å². The van der Waals surface area contributed by atoms with Gasteiger partial charge in [0.25, 0.3) is 0 Å². The molecule has 6 nitrogen and oxygen atoms in total. The number of benzene rings is 1. The first-order valence-electron chi connectivity index (χ1n) is 6.24. The Labute approximate surface area is 120 Å². The molecular formula is C12H20N2O4S2. The third-order valence-corrected chi connectivity index (χ3v) is 5.37. The van der Waals surface area contributed by atoms with Gasteiger partial charge in [-0.15, -0.1) is 0 Å². The Morgan fingerprint density at radius 2 is 1.80 bits per heavy atom. The van der Waals surface area contributed by atoms with E-state index in [0.717, 1.165) is 19.1 Å². The number of nitrogens with one attached hydrogen (secondary N) is 2. The molecule has 0 aromatic heterocycles. The quantitative estimate of drug-likeness (QED) is 0.737. The van der Waals surface area contributed by atoms with Crippen LogP contribution in [0.3, 0.4) is 0 Å². The van der Waals surface area contributed by atoms with Gasteiger partial charge in [0, 0.05) is 19.8 Å². The Kier molecular flexibility index (Phi) is 5.55. The second kappa shape index (κ2) is 6.55. The maximum Gasteiger partial charge on any atom is 0.242 e. The van der Waals surface area contributed by atoms with Crippen molar-refractivity contribution in [2.75, 3.05) is 25.2 Å². The zero-order valence-electron chi connectivity index (χ0n) is 11.8. The molecule has 0 spiro atoms. The molecule has 1 rings (SSSR count). The van der Waals surface area contributed by atoms with E-state index in [-0.39, 0.29) is 9.79 Å². The van der Waals surface area contributed by atoms with E-state index in [0.29, 0.717) is 12.2 Å². The summed E-state index contributed by atoms with van der Waals surface area (Å²) in [5.74, 6) is 0. The Bertz CT molecular complexity index is 667. The van der Waals surface area contributed by atoms with E-state index in [9.17, 15) is 16.8 Å². The first-order valence-corrected chi connectivity index (χ1v) is 9.61. The molecular weight excluding hydrogens is 300 g/mol. The van der Waals surface area contributed by atoms with Crippen molar-refractivity contribution in [3.05, 3.63) is 18.2 Å². The normalized spacial score (nSPS) is 12.3. The van der Waals surface area contributed by atoms with Gasteiger partial charge in [-0.2, -0.15) is 0 Å². The molecule has 2 N–H and O–H groups in total. The summed E-state index contributed by atoms with van der Waals surface area (Å²) in [6, 6.07) is 4.01. The van der Waals surface area contributed by atoms with Gasteiger partial charge >= 0.3 is 0 Å². The fourth-order valence-corrected chi connectivity index (χ4v) is 3.66. The predicted molar refractivity (Wildman–Crippen MR) is 79.2 cm³/mol. The molecule has 114 valence electrons. The smallest absolute Gasteiger partial charge is 0.242 e. The Morgan fingerprint density at radius 1 is 1.15 bits per heavy atom. The molecule has 20 heavy (non-hydrogen) atoms. The largest absolute Gasteiger partial charge is 0.387 e. The third kappa shape index (κ3) is 4.19. The van der Waals surface area contributed by atoms with E-state index in [2.05, 4.69) is 10.0 Å². The monoisotopic (exact) mass is 320 g/mol. The van der Waals surface area contributed by atoms with Crippen LogP contribution in [0.15, 0.2) is 28.0 Å². The molecule has 0 amide bonds. The maximum atomic E-state index is 12.2. The summed E-state index contributed by atoms with van der Waals surface area (Å²) < 4.78 is 50.0. The first kappa shape index (κ1) is 16.9. The molecule has 1 aromatic rings. The first-order chi connectivity index (χ1) is 9.22. The predicted octanol–water partition coefficient (Wildman–Crippen LogP) is 1.21. The van der Waals surface area contributed by atoms with E-state index < -0.39 is 19.9 Å². The number of anilines is 1. The number of rotatable bonds is 7. The highest BCUT2D eigenvalue weighted by molar-refractivity contribution is 7.91. The van der Waals surface area contributed by atoms with E-state index in [1.807, 2.05) is 6.92 Å². The van der Waals surface area contributed by atoms with E-state index in [1.54, 1.807) is 7.05 Å². The standard InChI is InChI=1S/C12H20N2O4S2/c1-4-5-8-14-20(17,18)12-9-10(19(3,15)16)6-7-11(12)13-2/h6-7,9,13-14H,4-5,8H2,1-3H3. The number of hydrogen-bond acceptors (Lipinski definition) is 5. The van der Waals surface area contributed by atoms with Crippen molar-refractivity contribution in [1.82, 2.24) is 4.72 Å². The molecule has 1 aromatic carbocycles. The van der Waals surface area contributed by atoms with Crippen LogP contribution in [0.1, 0.15) is 19.8 Å². The second-order valence-electron chi connectivity index (χ2n) is 4.43. The van der Waals surface area contributed by atoms with E-state index in [1.165, 1.54) is 18.2 Å². The fraction of sp³-hybridized carbons (Fsp3) is 0.500. The van der Waals surface area contributed by atoms with Crippen molar-refractivity contribution < 1.29 is 16.8 Å². The SMILES string of the molecule is CCCCNS(=O)(=O)c1cc(S(C)(=O)=O)ccc1NC. The minimum Gasteiger partial charge on any atom is -0.387 e. The lowest BCUT2D eigenvalue weighted by Gasteiger charge is -2.12. The Balaban J connectivity index is 3.27. The van der Waals surface area contributed by atoms with Crippen LogP contribution in [0.25, 0.3) is 0 Å². The van der Waals surface area contributed by atoms with E-state index >= 15 is 0 Å². The zero-order valence-corrected chi connectivity index (χ0v) is 13.4. The van der Waals surface area contributed by atoms with Crippen LogP contribution >= 0.6 is 0 Å². The van der Waals surface area contributed by atoms with Crippen LogP contribution in [0.4, 0.5) is 5.69 Å². The third-order valence-electron chi connectivity index (χ3n) is 2.76. The van der Waals surface area contributed by atoms with Crippen molar-refractivity contribution in [2.45, 2.75) is 29.6 Å². The van der Waals surface area contributed by atoms with Gasteiger partial charge in [-0.3, -0.25) is 0 Å². The highest BCUT2D eigenvalue weighted by Gasteiger charge is 2.20. The molecule has 0 saturated heterocycles. The van der Waals surface area contributed by atoms with Gasteiger partial charge < -0.3 is 5.32 Å². The van der Waals surface area contributed by atoms with Crippen molar-refractivity contribution in [3.63, 3.8) is 0 Å². The van der Waals surface area contributed by atoms with E-state index in [4.69, 9.17) is 0 Å². The Hall–Kier alpha value is -1.12. The molecule has 0 aliphatic carbocycles. The van der Waals surface area contributed by atoms with Gasteiger partial charge in [0.05, 0.1) is 10.6 Å². The molecule has 0 atom stereocenters. The lowest BCUT2D eigenvalue weighted by molar-refractivity contribution is 0.578. The molecule has 0 unspecified atom stereocenters. The van der Waals surface area contributed by atoms with Gasteiger partial charge in [-0.1, -0.05) is 13.3 Å². The van der Waals surface area contributed by atoms with Gasteiger partial charge in [-0.05, 0) is 24.6 Å². The molecule has 0 aliphatic heterocycles. The zero-order chi connectivity index (χ0) is 15.4. The fourth-order valence-electron chi connectivity index (χ4n) is 1.62. The summed E-state index contributed by atoms with van der Waals surface area (Å²) >= 11 is 0. The van der Waals surface area contributed by atoms with Gasteiger partial charge in [0.2, 0.25) is 10.0 Å². The summed E-state index contributed by atoms with van der Waals surface area (Å²) in [6.45, 7) is 2.28. The van der Waals surface area contributed by atoms with Crippen LogP contribution in [0, 0.1) is 0 Å². The summed E-state index contributed by atoms with van der Waals surface area (Å²) in [4.78, 5) is -0.0774. The molecule has 0 heterocycles. The number of hydrogen-bond donors (Lipinski definition) is 2. The molecule has 0 aliphatic rings.